The van der Waals surface area contributed by atoms with Crippen LogP contribution in [0.3, 0.4) is 0 Å². The van der Waals surface area contributed by atoms with Crippen LogP contribution in [0, 0.1) is 0 Å². The molecule has 1 aliphatic carbocycles. The van der Waals surface area contributed by atoms with Gasteiger partial charge < -0.3 is 11.1 Å². The van der Waals surface area contributed by atoms with Crippen molar-refractivity contribution in [1.82, 2.24) is 4.98 Å². The summed E-state index contributed by atoms with van der Waals surface area (Å²) in [7, 11) is 0. The van der Waals surface area contributed by atoms with E-state index in [0.29, 0.717) is 6.04 Å². The molecule has 1 aromatic heterocycles. The van der Waals surface area contributed by atoms with E-state index in [1.54, 1.807) is 11.3 Å². The zero-order valence-electron chi connectivity index (χ0n) is 11.0. The number of benzene rings is 2. The van der Waals surface area contributed by atoms with Crippen LogP contribution < -0.4 is 11.1 Å². The Labute approximate surface area is 121 Å². The SMILES string of the molecule is Nc1ccc2c(c1)CCC2Nc1ccc2ncsc2c1. The molecule has 100 valence electrons. The van der Waals surface area contributed by atoms with Gasteiger partial charge in [0, 0.05) is 11.4 Å². The summed E-state index contributed by atoms with van der Waals surface area (Å²) in [5.41, 5.74) is 13.6. The highest BCUT2D eigenvalue weighted by Crippen LogP contribution is 2.35. The zero-order chi connectivity index (χ0) is 13.5. The Morgan fingerprint density at radius 3 is 3.10 bits per heavy atom. The number of fused-ring (bicyclic) bond motifs is 2. The third kappa shape index (κ3) is 1.93. The molecule has 0 radical (unpaired) electrons. The van der Waals surface area contributed by atoms with E-state index >= 15 is 0 Å². The van der Waals surface area contributed by atoms with E-state index in [1.165, 1.54) is 15.8 Å². The topological polar surface area (TPSA) is 50.9 Å². The molecule has 4 rings (SSSR count). The highest BCUT2D eigenvalue weighted by atomic mass is 32.1. The summed E-state index contributed by atoms with van der Waals surface area (Å²) >= 11 is 1.68. The average Bonchev–Trinajstić information content (AvgIpc) is 3.05. The molecular weight excluding hydrogens is 266 g/mol. The molecule has 0 saturated heterocycles. The summed E-state index contributed by atoms with van der Waals surface area (Å²) in [6.07, 6.45) is 2.22. The van der Waals surface area contributed by atoms with Crippen LogP contribution in [0.25, 0.3) is 10.2 Å². The number of anilines is 2. The second-order valence-electron chi connectivity index (χ2n) is 5.23. The lowest BCUT2D eigenvalue weighted by atomic mass is 10.1. The molecule has 3 N–H and O–H groups in total. The van der Waals surface area contributed by atoms with Crippen LogP contribution in [-0.2, 0) is 6.42 Å². The highest BCUT2D eigenvalue weighted by Gasteiger charge is 2.22. The van der Waals surface area contributed by atoms with Gasteiger partial charge >= 0.3 is 0 Å². The monoisotopic (exact) mass is 281 g/mol. The first-order chi connectivity index (χ1) is 9.79. The number of aromatic nitrogens is 1. The largest absolute Gasteiger partial charge is 0.399 e. The minimum atomic E-state index is 0.385. The quantitative estimate of drug-likeness (QED) is 0.699. The van der Waals surface area contributed by atoms with Crippen molar-refractivity contribution in [2.75, 3.05) is 11.1 Å². The van der Waals surface area contributed by atoms with Gasteiger partial charge in [0.25, 0.3) is 0 Å². The summed E-state index contributed by atoms with van der Waals surface area (Å²) in [6.45, 7) is 0. The molecular formula is C16H15N3S. The maximum atomic E-state index is 5.85. The smallest absolute Gasteiger partial charge is 0.0813 e. The Balaban J connectivity index is 1.64. The van der Waals surface area contributed by atoms with Gasteiger partial charge in [0.2, 0.25) is 0 Å². The number of nitrogens with zero attached hydrogens (tertiary/aromatic N) is 1. The lowest BCUT2D eigenvalue weighted by Crippen LogP contribution is -2.06. The summed E-state index contributed by atoms with van der Waals surface area (Å²) < 4.78 is 1.23. The average molecular weight is 281 g/mol. The first kappa shape index (κ1) is 11.7. The molecule has 0 fully saturated rings. The van der Waals surface area contributed by atoms with Crippen LogP contribution >= 0.6 is 11.3 Å². The van der Waals surface area contributed by atoms with Crippen LogP contribution in [0.4, 0.5) is 11.4 Å². The number of aryl methyl sites for hydroxylation is 1. The molecule has 20 heavy (non-hydrogen) atoms. The van der Waals surface area contributed by atoms with Crippen molar-refractivity contribution in [3.63, 3.8) is 0 Å². The van der Waals surface area contributed by atoms with E-state index in [2.05, 4.69) is 40.6 Å². The third-order valence-electron chi connectivity index (χ3n) is 3.92. The highest BCUT2D eigenvalue weighted by molar-refractivity contribution is 7.16. The number of nitrogens with two attached hydrogens (primary N) is 1. The Morgan fingerprint density at radius 1 is 1.20 bits per heavy atom. The standard InChI is InChI=1S/C16H15N3S/c17-11-2-4-13-10(7-11)1-5-14(13)19-12-3-6-15-16(8-12)20-9-18-15/h2-4,6-9,14,19H,1,5,17H2. The van der Waals surface area contributed by atoms with Gasteiger partial charge in [-0.3, -0.25) is 0 Å². The van der Waals surface area contributed by atoms with Crippen molar-refractivity contribution < 1.29 is 0 Å². The second-order valence-corrected chi connectivity index (χ2v) is 6.12. The molecule has 0 saturated carbocycles. The molecule has 0 spiro atoms. The van der Waals surface area contributed by atoms with E-state index in [4.69, 9.17) is 5.73 Å². The maximum absolute atomic E-state index is 5.85. The Bertz CT molecular complexity index is 778. The number of hydrogen-bond acceptors (Lipinski definition) is 4. The lowest BCUT2D eigenvalue weighted by molar-refractivity contribution is 0.762. The van der Waals surface area contributed by atoms with Gasteiger partial charge in [0.1, 0.15) is 0 Å². The van der Waals surface area contributed by atoms with E-state index in [-0.39, 0.29) is 0 Å². The van der Waals surface area contributed by atoms with Gasteiger partial charge in [-0.05, 0) is 54.3 Å². The first-order valence-electron chi connectivity index (χ1n) is 6.78. The molecule has 4 heteroatoms. The van der Waals surface area contributed by atoms with Crippen molar-refractivity contribution in [3.8, 4) is 0 Å². The molecule has 0 amide bonds. The zero-order valence-corrected chi connectivity index (χ0v) is 11.8. The predicted molar refractivity (Wildman–Crippen MR) is 85.2 cm³/mol. The van der Waals surface area contributed by atoms with E-state index < -0.39 is 0 Å². The normalized spacial score (nSPS) is 17.3. The van der Waals surface area contributed by atoms with Gasteiger partial charge in [0.15, 0.2) is 0 Å². The minimum Gasteiger partial charge on any atom is -0.399 e. The predicted octanol–water partition coefficient (Wildman–Crippen LogP) is 3.98. The van der Waals surface area contributed by atoms with Gasteiger partial charge in [-0.1, -0.05) is 6.07 Å². The number of hydrogen-bond donors (Lipinski definition) is 2. The van der Waals surface area contributed by atoms with Crippen LogP contribution in [0.15, 0.2) is 41.9 Å². The lowest BCUT2D eigenvalue weighted by Gasteiger charge is -2.15. The van der Waals surface area contributed by atoms with Gasteiger partial charge in [-0.25, -0.2) is 4.98 Å². The van der Waals surface area contributed by atoms with Gasteiger partial charge in [-0.15, -0.1) is 11.3 Å². The van der Waals surface area contributed by atoms with Crippen LogP contribution in [0.2, 0.25) is 0 Å². The summed E-state index contributed by atoms with van der Waals surface area (Å²) in [6, 6.07) is 13.0. The van der Waals surface area contributed by atoms with Crippen LogP contribution in [-0.4, -0.2) is 4.98 Å². The van der Waals surface area contributed by atoms with Crippen molar-refractivity contribution in [2.45, 2.75) is 18.9 Å². The number of thiazole rings is 1. The number of rotatable bonds is 2. The van der Waals surface area contributed by atoms with E-state index in [1.807, 2.05) is 11.6 Å². The molecule has 1 aliphatic rings. The first-order valence-corrected chi connectivity index (χ1v) is 7.66. The van der Waals surface area contributed by atoms with Gasteiger partial charge in [0.05, 0.1) is 21.8 Å². The second kappa shape index (κ2) is 4.49. The molecule has 0 bridgehead atoms. The minimum absolute atomic E-state index is 0.385. The fourth-order valence-electron chi connectivity index (χ4n) is 2.93. The number of nitrogen functional groups attached to an aromatic ring is 1. The Hall–Kier alpha value is -2.07. The molecule has 0 aliphatic heterocycles. The molecule has 1 atom stereocenters. The van der Waals surface area contributed by atoms with Crippen LogP contribution in [0.5, 0.6) is 0 Å². The van der Waals surface area contributed by atoms with Gasteiger partial charge in [-0.2, -0.15) is 0 Å². The molecule has 1 unspecified atom stereocenters. The van der Waals surface area contributed by atoms with E-state index in [9.17, 15) is 0 Å². The van der Waals surface area contributed by atoms with Crippen molar-refractivity contribution in [3.05, 3.63) is 53.0 Å². The van der Waals surface area contributed by atoms with Crippen molar-refractivity contribution >= 4 is 32.9 Å². The fraction of sp³-hybridized carbons (Fsp3) is 0.188. The van der Waals surface area contributed by atoms with Crippen LogP contribution in [0.1, 0.15) is 23.6 Å². The Morgan fingerprint density at radius 2 is 2.15 bits per heavy atom. The molecule has 2 aromatic carbocycles. The molecule has 1 heterocycles. The molecule has 3 aromatic rings. The van der Waals surface area contributed by atoms with Crippen molar-refractivity contribution in [1.29, 1.82) is 0 Å². The maximum Gasteiger partial charge on any atom is 0.0813 e. The fourth-order valence-corrected chi connectivity index (χ4v) is 3.65. The number of nitrogens with one attached hydrogen (secondary N) is 1. The Kier molecular flexibility index (Phi) is 2.63. The summed E-state index contributed by atoms with van der Waals surface area (Å²) in [4.78, 5) is 4.31. The van der Waals surface area contributed by atoms with E-state index in [0.717, 1.165) is 29.7 Å². The molecule has 3 nitrogen and oxygen atoms in total. The summed E-state index contributed by atoms with van der Waals surface area (Å²) in [5, 5.41) is 3.64. The van der Waals surface area contributed by atoms with Crippen molar-refractivity contribution in [2.24, 2.45) is 0 Å². The summed E-state index contributed by atoms with van der Waals surface area (Å²) in [5.74, 6) is 0. The third-order valence-corrected chi connectivity index (χ3v) is 4.71.